The van der Waals surface area contributed by atoms with Gasteiger partial charge >= 0.3 is 0 Å². The smallest absolute Gasteiger partial charge is 0.269 e. The lowest BCUT2D eigenvalue weighted by molar-refractivity contribution is 0.731. The van der Waals surface area contributed by atoms with Crippen LogP contribution in [0.1, 0.15) is 17.7 Å². The Hall–Kier alpha value is -1.36. The highest BCUT2D eigenvalue weighted by molar-refractivity contribution is 5.55. The second-order valence-corrected chi connectivity index (χ2v) is 3.41. The zero-order valence-electron chi connectivity index (χ0n) is 8.18. The maximum absolute atomic E-state index is 11.4. The molecular formula is C9H14N4O. The van der Waals surface area contributed by atoms with Crippen molar-refractivity contribution < 1.29 is 0 Å². The molecule has 3 N–H and O–H groups in total. The van der Waals surface area contributed by atoms with Gasteiger partial charge in [-0.15, -0.1) is 0 Å². The molecule has 0 saturated carbocycles. The van der Waals surface area contributed by atoms with Gasteiger partial charge in [-0.05, 0) is 19.9 Å². The van der Waals surface area contributed by atoms with Crippen LogP contribution in [0.3, 0.4) is 0 Å². The summed E-state index contributed by atoms with van der Waals surface area (Å²) in [7, 11) is 1.86. The van der Waals surface area contributed by atoms with E-state index in [2.05, 4.69) is 20.8 Å². The van der Waals surface area contributed by atoms with Crippen LogP contribution in [0.15, 0.2) is 4.79 Å². The molecule has 1 aromatic heterocycles. The summed E-state index contributed by atoms with van der Waals surface area (Å²) in [6.07, 6.45) is 1.86. The van der Waals surface area contributed by atoms with Crippen LogP contribution in [0.2, 0.25) is 0 Å². The predicted octanol–water partition coefficient (Wildman–Crippen LogP) is -0.153. The monoisotopic (exact) mass is 194 g/mol. The minimum Gasteiger partial charge on any atom is -0.383 e. The normalized spacial score (nSPS) is 14.6. The van der Waals surface area contributed by atoms with Crippen molar-refractivity contribution in [2.75, 3.05) is 18.9 Å². The Balaban J connectivity index is 2.48. The molecule has 0 radical (unpaired) electrons. The fourth-order valence-electron chi connectivity index (χ4n) is 1.75. The lowest BCUT2D eigenvalue weighted by atomic mass is 10.0. The molecule has 14 heavy (non-hydrogen) atoms. The van der Waals surface area contributed by atoms with Gasteiger partial charge in [0.05, 0.1) is 11.4 Å². The Morgan fingerprint density at radius 1 is 1.57 bits per heavy atom. The van der Waals surface area contributed by atoms with E-state index in [4.69, 9.17) is 0 Å². The van der Waals surface area contributed by atoms with Crippen LogP contribution in [-0.2, 0) is 13.0 Å². The first-order chi connectivity index (χ1) is 6.83. The molecule has 0 fully saturated rings. The quantitative estimate of drug-likeness (QED) is 0.612. The third-order valence-electron chi connectivity index (χ3n) is 2.41. The molecule has 0 spiro atoms. The lowest BCUT2D eigenvalue weighted by Gasteiger charge is -2.18. The van der Waals surface area contributed by atoms with E-state index in [1.54, 1.807) is 0 Å². The highest BCUT2D eigenvalue weighted by Gasteiger charge is 2.16. The van der Waals surface area contributed by atoms with E-state index < -0.39 is 0 Å². The van der Waals surface area contributed by atoms with Crippen molar-refractivity contribution in [2.45, 2.75) is 19.4 Å². The van der Waals surface area contributed by atoms with E-state index in [0.717, 1.165) is 36.3 Å². The molecular weight excluding hydrogens is 180 g/mol. The van der Waals surface area contributed by atoms with E-state index in [1.807, 2.05) is 7.05 Å². The van der Waals surface area contributed by atoms with Gasteiger partial charge in [-0.1, -0.05) is 0 Å². The molecule has 0 atom stereocenters. The number of aromatic nitrogens is 2. The van der Waals surface area contributed by atoms with Gasteiger partial charge in [-0.3, -0.25) is 4.79 Å². The van der Waals surface area contributed by atoms with Crippen molar-refractivity contribution in [3.63, 3.8) is 0 Å². The van der Waals surface area contributed by atoms with E-state index >= 15 is 0 Å². The molecule has 0 saturated heterocycles. The Morgan fingerprint density at radius 3 is 3.21 bits per heavy atom. The molecule has 1 aliphatic heterocycles. The molecule has 5 heteroatoms. The maximum atomic E-state index is 11.4. The zero-order valence-corrected chi connectivity index (χ0v) is 8.18. The number of rotatable bonds is 2. The molecule has 2 heterocycles. The van der Waals surface area contributed by atoms with Crippen LogP contribution in [0.5, 0.6) is 0 Å². The summed E-state index contributed by atoms with van der Waals surface area (Å²) < 4.78 is 0. The summed E-state index contributed by atoms with van der Waals surface area (Å²) in [6, 6.07) is 0. The van der Waals surface area contributed by atoms with Crippen molar-refractivity contribution in [1.82, 2.24) is 15.5 Å². The number of hydrogen-bond acceptors (Lipinski definition) is 4. The molecule has 1 aromatic rings. The molecule has 0 aromatic carbocycles. The highest BCUT2D eigenvalue weighted by atomic mass is 16.1. The predicted molar refractivity (Wildman–Crippen MR) is 54.4 cm³/mol. The molecule has 76 valence electrons. The lowest BCUT2D eigenvalue weighted by Crippen LogP contribution is -2.26. The van der Waals surface area contributed by atoms with Crippen LogP contribution >= 0.6 is 0 Å². The summed E-state index contributed by atoms with van der Waals surface area (Å²) >= 11 is 0. The zero-order chi connectivity index (χ0) is 9.97. The van der Waals surface area contributed by atoms with Gasteiger partial charge in [-0.25, -0.2) is 5.10 Å². The van der Waals surface area contributed by atoms with E-state index in [-0.39, 0.29) is 5.56 Å². The average Bonchev–Trinajstić information content (AvgIpc) is 2.23. The SMILES string of the molecule is CNCc1n[nH]c(=O)c2c1NCCC2. The van der Waals surface area contributed by atoms with Gasteiger partial charge in [0.15, 0.2) is 0 Å². The average molecular weight is 194 g/mol. The fourth-order valence-corrected chi connectivity index (χ4v) is 1.75. The number of fused-ring (bicyclic) bond motifs is 1. The third-order valence-corrected chi connectivity index (χ3v) is 2.41. The number of anilines is 1. The second kappa shape index (κ2) is 3.79. The van der Waals surface area contributed by atoms with Crippen molar-refractivity contribution >= 4 is 5.69 Å². The number of hydrogen-bond donors (Lipinski definition) is 3. The molecule has 0 unspecified atom stereocenters. The largest absolute Gasteiger partial charge is 0.383 e. The molecule has 0 aliphatic carbocycles. The number of aromatic amines is 1. The molecule has 2 rings (SSSR count). The summed E-state index contributed by atoms with van der Waals surface area (Å²) in [5.41, 5.74) is 2.60. The first kappa shape index (κ1) is 9.21. The standard InChI is InChI=1S/C9H14N4O/c1-10-5-7-8-6(3-2-4-11-8)9(14)13-12-7/h10-11H,2-5H2,1H3,(H,13,14). The fraction of sp³-hybridized carbons (Fsp3) is 0.556. The summed E-state index contributed by atoms with van der Waals surface area (Å²) in [5.74, 6) is 0. The summed E-state index contributed by atoms with van der Waals surface area (Å²) in [4.78, 5) is 11.4. The van der Waals surface area contributed by atoms with Crippen molar-refractivity contribution in [3.05, 3.63) is 21.6 Å². The van der Waals surface area contributed by atoms with Crippen LogP contribution in [0.4, 0.5) is 5.69 Å². The van der Waals surface area contributed by atoms with Crippen molar-refractivity contribution in [1.29, 1.82) is 0 Å². The Kier molecular flexibility index (Phi) is 2.49. The van der Waals surface area contributed by atoms with Gasteiger partial charge in [0.25, 0.3) is 5.56 Å². The maximum Gasteiger partial charge on any atom is 0.269 e. The van der Waals surface area contributed by atoms with E-state index in [9.17, 15) is 4.79 Å². The second-order valence-electron chi connectivity index (χ2n) is 3.41. The van der Waals surface area contributed by atoms with Gasteiger partial charge in [0, 0.05) is 18.7 Å². The van der Waals surface area contributed by atoms with Crippen LogP contribution < -0.4 is 16.2 Å². The molecule has 0 amide bonds. The van der Waals surface area contributed by atoms with Crippen molar-refractivity contribution in [3.8, 4) is 0 Å². The minimum atomic E-state index is -0.0629. The van der Waals surface area contributed by atoms with Gasteiger partial charge in [0.1, 0.15) is 0 Å². The Morgan fingerprint density at radius 2 is 2.43 bits per heavy atom. The Bertz CT molecular complexity index is 385. The minimum absolute atomic E-state index is 0.0629. The first-order valence-corrected chi connectivity index (χ1v) is 4.82. The first-order valence-electron chi connectivity index (χ1n) is 4.82. The van der Waals surface area contributed by atoms with E-state index in [1.165, 1.54) is 0 Å². The summed E-state index contributed by atoms with van der Waals surface area (Å²) in [5, 5.41) is 12.8. The number of nitrogens with zero attached hydrogens (tertiary/aromatic N) is 1. The topological polar surface area (TPSA) is 69.8 Å². The Labute approximate surface area is 81.9 Å². The van der Waals surface area contributed by atoms with E-state index in [0.29, 0.717) is 6.54 Å². The third kappa shape index (κ3) is 1.50. The van der Waals surface area contributed by atoms with Crippen LogP contribution in [-0.4, -0.2) is 23.8 Å². The van der Waals surface area contributed by atoms with Gasteiger partial charge < -0.3 is 10.6 Å². The molecule has 0 bridgehead atoms. The summed E-state index contributed by atoms with van der Waals surface area (Å²) in [6.45, 7) is 1.60. The number of H-pyrrole nitrogens is 1. The molecule has 1 aliphatic rings. The van der Waals surface area contributed by atoms with Crippen molar-refractivity contribution in [2.24, 2.45) is 0 Å². The molecule has 5 nitrogen and oxygen atoms in total. The van der Waals surface area contributed by atoms with Gasteiger partial charge in [0.2, 0.25) is 0 Å². The van der Waals surface area contributed by atoms with Crippen LogP contribution in [0.25, 0.3) is 0 Å². The van der Waals surface area contributed by atoms with Crippen LogP contribution in [0, 0.1) is 0 Å². The highest BCUT2D eigenvalue weighted by Crippen LogP contribution is 2.20. The number of nitrogens with one attached hydrogen (secondary N) is 3. The van der Waals surface area contributed by atoms with Gasteiger partial charge in [-0.2, -0.15) is 5.10 Å².